The molecular formula is C32H28O4. The van der Waals surface area contributed by atoms with E-state index in [4.69, 9.17) is 4.74 Å². The van der Waals surface area contributed by atoms with Gasteiger partial charge in [-0.15, -0.1) is 0 Å². The Morgan fingerprint density at radius 2 is 1.28 bits per heavy atom. The van der Waals surface area contributed by atoms with Crippen LogP contribution in [-0.4, -0.2) is 22.5 Å². The molecule has 0 saturated carbocycles. The van der Waals surface area contributed by atoms with Gasteiger partial charge in [0.1, 0.15) is 0 Å². The Hall–Kier alpha value is -4.28. The molecule has 4 aromatic rings. The molecule has 0 radical (unpaired) electrons. The number of aliphatic hydroxyl groups is 1. The second-order valence-corrected chi connectivity index (χ2v) is 8.74. The zero-order valence-corrected chi connectivity index (χ0v) is 20.1. The lowest BCUT2D eigenvalue weighted by atomic mass is 9.92. The van der Waals surface area contributed by atoms with Gasteiger partial charge in [0.25, 0.3) is 0 Å². The number of carbonyl (C=O) groups is 2. The first-order chi connectivity index (χ1) is 17.4. The Kier molecular flexibility index (Phi) is 7.89. The smallest absolute Gasteiger partial charge is 0.343 e. The number of Topliss-reactive ketones (excluding diaryl/α,β-unsaturated/α-hetero) is 1. The fourth-order valence-corrected chi connectivity index (χ4v) is 3.87. The number of ether oxygens (including phenoxy) is 1. The predicted molar refractivity (Wildman–Crippen MR) is 141 cm³/mol. The molecule has 0 saturated heterocycles. The van der Waals surface area contributed by atoms with E-state index in [0.29, 0.717) is 5.56 Å². The minimum Gasteiger partial charge on any atom is -0.450 e. The van der Waals surface area contributed by atoms with Crippen LogP contribution in [0.5, 0.6) is 0 Å². The van der Waals surface area contributed by atoms with Crippen molar-refractivity contribution in [1.82, 2.24) is 0 Å². The summed E-state index contributed by atoms with van der Waals surface area (Å²) in [4.78, 5) is 26.6. The molecule has 1 atom stereocenters. The van der Waals surface area contributed by atoms with Crippen LogP contribution in [0.4, 0.5) is 0 Å². The van der Waals surface area contributed by atoms with Gasteiger partial charge < -0.3 is 9.84 Å². The molecule has 0 amide bonds. The van der Waals surface area contributed by atoms with Gasteiger partial charge in [0.05, 0.1) is 6.42 Å². The first-order valence-electron chi connectivity index (χ1n) is 11.8. The van der Waals surface area contributed by atoms with Crippen LogP contribution in [-0.2, 0) is 9.53 Å². The van der Waals surface area contributed by atoms with Gasteiger partial charge in [0, 0.05) is 5.56 Å². The summed E-state index contributed by atoms with van der Waals surface area (Å²) in [5, 5.41) is 11.6. The molecule has 0 aromatic heterocycles. The van der Waals surface area contributed by atoms with E-state index in [1.54, 1.807) is 36.4 Å². The highest BCUT2D eigenvalue weighted by molar-refractivity contribution is 6.00. The van der Waals surface area contributed by atoms with Crippen LogP contribution in [0.1, 0.15) is 45.1 Å². The van der Waals surface area contributed by atoms with E-state index in [1.165, 1.54) is 6.08 Å². The number of hydrogen-bond donors (Lipinski definition) is 1. The second kappa shape index (κ2) is 11.4. The maximum absolute atomic E-state index is 13.6. The van der Waals surface area contributed by atoms with Crippen molar-refractivity contribution in [2.75, 3.05) is 0 Å². The number of ketones is 1. The van der Waals surface area contributed by atoms with Crippen molar-refractivity contribution in [1.29, 1.82) is 0 Å². The van der Waals surface area contributed by atoms with E-state index in [1.807, 2.05) is 91.9 Å². The standard InChI is InChI=1S/C32H28O4/c1-24-17-19-25(20-18-24)21-22-32(35,23-29(33)26-11-5-2-6-12-26)31(34)36-30(27-13-7-3-8-14-27)28-15-9-4-10-16-28/h2-22,30,35H,23H2,1H3/b22-21+/t32-/m1/s1. The predicted octanol–water partition coefficient (Wildman–Crippen LogP) is 6.35. The van der Waals surface area contributed by atoms with E-state index in [2.05, 4.69) is 0 Å². The number of carbonyl (C=O) groups excluding carboxylic acids is 2. The van der Waals surface area contributed by atoms with Gasteiger partial charge in [-0.1, -0.05) is 127 Å². The quantitative estimate of drug-likeness (QED) is 0.226. The van der Waals surface area contributed by atoms with Crippen LogP contribution in [0.3, 0.4) is 0 Å². The van der Waals surface area contributed by atoms with Crippen LogP contribution in [0.15, 0.2) is 121 Å². The van der Waals surface area contributed by atoms with Crippen LogP contribution >= 0.6 is 0 Å². The molecule has 1 N–H and O–H groups in total. The average Bonchev–Trinajstić information content (AvgIpc) is 2.92. The summed E-state index contributed by atoms with van der Waals surface area (Å²) < 4.78 is 5.94. The molecule has 0 spiro atoms. The SMILES string of the molecule is Cc1ccc(/C=C/[C@@](O)(CC(=O)c2ccccc2)C(=O)OC(c2ccccc2)c2ccccc2)cc1. The van der Waals surface area contributed by atoms with Gasteiger partial charge >= 0.3 is 5.97 Å². The van der Waals surface area contributed by atoms with Gasteiger partial charge in [0.15, 0.2) is 17.5 Å². The molecule has 0 heterocycles. The van der Waals surface area contributed by atoms with Crippen molar-refractivity contribution in [3.8, 4) is 0 Å². The molecule has 4 nitrogen and oxygen atoms in total. The fourth-order valence-electron chi connectivity index (χ4n) is 3.87. The Bertz CT molecular complexity index is 1270. The third-order valence-electron chi connectivity index (χ3n) is 5.94. The molecule has 4 heteroatoms. The number of hydrogen-bond acceptors (Lipinski definition) is 4. The minimum atomic E-state index is -2.17. The second-order valence-electron chi connectivity index (χ2n) is 8.74. The first-order valence-corrected chi connectivity index (χ1v) is 11.8. The van der Waals surface area contributed by atoms with Crippen molar-refractivity contribution in [3.63, 3.8) is 0 Å². The van der Waals surface area contributed by atoms with Crippen molar-refractivity contribution in [2.45, 2.75) is 25.0 Å². The number of esters is 1. The molecule has 0 aliphatic carbocycles. The molecule has 0 aliphatic heterocycles. The molecule has 180 valence electrons. The van der Waals surface area contributed by atoms with Crippen LogP contribution in [0.25, 0.3) is 6.08 Å². The number of benzene rings is 4. The summed E-state index contributed by atoms with van der Waals surface area (Å²) in [6.07, 6.45) is 1.80. The lowest BCUT2D eigenvalue weighted by Gasteiger charge is -2.26. The van der Waals surface area contributed by atoms with Gasteiger partial charge in [-0.05, 0) is 29.7 Å². The lowest BCUT2D eigenvalue weighted by Crippen LogP contribution is -2.41. The van der Waals surface area contributed by atoms with Gasteiger partial charge in [-0.25, -0.2) is 4.79 Å². The summed E-state index contributed by atoms with van der Waals surface area (Å²) in [7, 11) is 0. The topological polar surface area (TPSA) is 63.6 Å². The Labute approximate surface area is 211 Å². The fraction of sp³-hybridized carbons (Fsp3) is 0.125. The summed E-state index contributed by atoms with van der Waals surface area (Å²) in [5.74, 6) is -1.26. The van der Waals surface area contributed by atoms with Gasteiger partial charge in [0.2, 0.25) is 0 Å². The normalized spacial score (nSPS) is 12.9. The molecule has 0 aliphatic rings. The highest BCUT2D eigenvalue weighted by Crippen LogP contribution is 2.30. The third-order valence-corrected chi connectivity index (χ3v) is 5.94. The highest BCUT2D eigenvalue weighted by atomic mass is 16.6. The van der Waals surface area contributed by atoms with Gasteiger partial charge in [-0.2, -0.15) is 0 Å². The number of aryl methyl sites for hydroxylation is 1. The molecular weight excluding hydrogens is 448 g/mol. The zero-order valence-electron chi connectivity index (χ0n) is 20.1. The molecule has 4 rings (SSSR count). The van der Waals surface area contributed by atoms with E-state index in [9.17, 15) is 14.7 Å². The van der Waals surface area contributed by atoms with E-state index in [-0.39, 0.29) is 5.78 Å². The van der Waals surface area contributed by atoms with Crippen molar-refractivity contribution in [2.24, 2.45) is 0 Å². The maximum atomic E-state index is 13.6. The van der Waals surface area contributed by atoms with Gasteiger partial charge in [-0.3, -0.25) is 4.79 Å². The summed E-state index contributed by atoms with van der Waals surface area (Å²) in [6, 6.07) is 34.9. The first kappa shape index (κ1) is 24.8. The lowest BCUT2D eigenvalue weighted by molar-refractivity contribution is -0.164. The molecule has 0 fully saturated rings. The highest BCUT2D eigenvalue weighted by Gasteiger charge is 2.39. The summed E-state index contributed by atoms with van der Waals surface area (Å²) in [6.45, 7) is 1.98. The molecule has 0 unspecified atom stereocenters. The summed E-state index contributed by atoms with van der Waals surface area (Å²) >= 11 is 0. The van der Waals surface area contributed by atoms with E-state index >= 15 is 0 Å². The van der Waals surface area contributed by atoms with Crippen molar-refractivity contribution in [3.05, 3.63) is 149 Å². The van der Waals surface area contributed by atoms with Crippen molar-refractivity contribution < 1.29 is 19.4 Å². The minimum absolute atomic E-state index is 0.362. The average molecular weight is 477 g/mol. The van der Waals surface area contributed by atoms with E-state index in [0.717, 1.165) is 22.3 Å². The van der Waals surface area contributed by atoms with Crippen molar-refractivity contribution >= 4 is 17.8 Å². The Morgan fingerprint density at radius 3 is 1.81 bits per heavy atom. The maximum Gasteiger partial charge on any atom is 0.343 e. The van der Waals surface area contributed by atoms with Crippen LogP contribution in [0.2, 0.25) is 0 Å². The monoisotopic (exact) mass is 476 g/mol. The molecule has 36 heavy (non-hydrogen) atoms. The largest absolute Gasteiger partial charge is 0.450 e. The molecule has 0 bridgehead atoms. The zero-order chi connectivity index (χ0) is 25.4. The Morgan fingerprint density at radius 1 is 0.778 bits per heavy atom. The molecule has 4 aromatic carbocycles. The van der Waals surface area contributed by atoms with Crippen LogP contribution in [0, 0.1) is 6.92 Å². The Balaban J connectivity index is 1.67. The third kappa shape index (κ3) is 6.23. The van der Waals surface area contributed by atoms with Crippen LogP contribution < -0.4 is 0 Å². The number of rotatable bonds is 9. The summed E-state index contributed by atoms with van der Waals surface area (Å²) in [5.41, 5.74) is 1.65. The van der Waals surface area contributed by atoms with E-state index < -0.39 is 24.1 Å².